The number of nitrogens with one attached hydrogen (secondary N) is 1. The lowest BCUT2D eigenvalue weighted by molar-refractivity contribution is -0.117. The molecule has 5 nitrogen and oxygen atoms in total. The van der Waals surface area contributed by atoms with Crippen LogP contribution in [0.5, 0.6) is 0 Å². The standard InChI is InChI=1S/C9H14N4O/c1-3-4-10-6-9(14)5-8-7-13(2)12-11-8/h3,7,10H,1,4-6H2,2H3. The molecule has 0 aliphatic heterocycles. The van der Waals surface area contributed by atoms with E-state index in [4.69, 9.17) is 0 Å². The highest BCUT2D eigenvalue weighted by Crippen LogP contribution is 1.93. The molecule has 0 aromatic carbocycles. The molecule has 0 atom stereocenters. The number of rotatable bonds is 6. The van der Waals surface area contributed by atoms with Gasteiger partial charge in [-0.05, 0) is 0 Å². The Morgan fingerprint density at radius 1 is 1.79 bits per heavy atom. The first-order valence-corrected chi connectivity index (χ1v) is 4.41. The molecular weight excluding hydrogens is 180 g/mol. The molecule has 1 aromatic rings. The van der Waals surface area contributed by atoms with Crippen LogP contribution in [0.4, 0.5) is 0 Å². The SMILES string of the molecule is C=CCNCC(=O)Cc1cn(C)nn1. The third-order valence-electron chi connectivity index (χ3n) is 1.64. The molecule has 76 valence electrons. The van der Waals surface area contributed by atoms with Crippen molar-refractivity contribution in [2.75, 3.05) is 13.1 Å². The lowest BCUT2D eigenvalue weighted by atomic mass is 10.2. The largest absolute Gasteiger partial charge is 0.307 e. The van der Waals surface area contributed by atoms with E-state index in [-0.39, 0.29) is 5.78 Å². The summed E-state index contributed by atoms with van der Waals surface area (Å²) in [6.45, 7) is 4.54. The molecule has 0 bridgehead atoms. The Kier molecular flexibility index (Phi) is 4.00. The van der Waals surface area contributed by atoms with E-state index in [9.17, 15) is 4.79 Å². The summed E-state index contributed by atoms with van der Waals surface area (Å²) >= 11 is 0. The van der Waals surface area contributed by atoms with Crippen LogP contribution in [0, 0.1) is 0 Å². The molecule has 1 aromatic heterocycles. The zero-order valence-electron chi connectivity index (χ0n) is 8.23. The van der Waals surface area contributed by atoms with Gasteiger partial charge in [0, 0.05) is 19.8 Å². The molecule has 1 N–H and O–H groups in total. The van der Waals surface area contributed by atoms with Gasteiger partial charge in [-0.1, -0.05) is 11.3 Å². The third kappa shape index (κ3) is 3.49. The van der Waals surface area contributed by atoms with E-state index in [0.29, 0.717) is 25.2 Å². The first-order valence-electron chi connectivity index (χ1n) is 4.41. The Morgan fingerprint density at radius 2 is 2.57 bits per heavy atom. The van der Waals surface area contributed by atoms with Crippen molar-refractivity contribution in [3.8, 4) is 0 Å². The Balaban J connectivity index is 2.30. The summed E-state index contributed by atoms with van der Waals surface area (Å²) in [5.41, 5.74) is 0.706. The fraction of sp³-hybridized carbons (Fsp3) is 0.444. The van der Waals surface area contributed by atoms with Crippen molar-refractivity contribution in [1.82, 2.24) is 20.3 Å². The Labute approximate surface area is 82.8 Å². The van der Waals surface area contributed by atoms with Crippen molar-refractivity contribution in [2.24, 2.45) is 7.05 Å². The molecule has 0 amide bonds. The van der Waals surface area contributed by atoms with Gasteiger partial charge in [0.1, 0.15) is 0 Å². The maximum Gasteiger partial charge on any atom is 0.152 e. The third-order valence-corrected chi connectivity index (χ3v) is 1.64. The number of carbonyl (C=O) groups is 1. The minimum absolute atomic E-state index is 0.104. The van der Waals surface area contributed by atoms with Crippen LogP contribution in [0.1, 0.15) is 5.69 Å². The molecule has 5 heteroatoms. The average molecular weight is 194 g/mol. The van der Waals surface area contributed by atoms with E-state index in [1.807, 2.05) is 0 Å². The van der Waals surface area contributed by atoms with Crippen molar-refractivity contribution in [3.63, 3.8) is 0 Å². The van der Waals surface area contributed by atoms with Gasteiger partial charge in [0.25, 0.3) is 0 Å². The van der Waals surface area contributed by atoms with Crippen molar-refractivity contribution in [3.05, 3.63) is 24.5 Å². The van der Waals surface area contributed by atoms with Gasteiger partial charge in [0.15, 0.2) is 5.78 Å². The van der Waals surface area contributed by atoms with Crippen LogP contribution in [-0.2, 0) is 18.3 Å². The summed E-state index contributed by atoms with van der Waals surface area (Å²) in [6, 6.07) is 0. The molecule has 0 fully saturated rings. The molecular formula is C9H14N4O. The molecule has 14 heavy (non-hydrogen) atoms. The van der Waals surface area contributed by atoms with Crippen LogP contribution in [0.2, 0.25) is 0 Å². The highest BCUT2D eigenvalue weighted by molar-refractivity contribution is 5.82. The summed E-state index contributed by atoms with van der Waals surface area (Å²) in [6.07, 6.45) is 3.79. The molecule has 1 rings (SSSR count). The number of Topliss-reactive ketones (excluding diaryl/α,β-unsaturated/α-hetero) is 1. The van der Waals surface area contributed by atoms with Crippen LogP contribution >= 0.6 is 0 Å². The van der Waals surface area contributed by atoms with Gasteiger partial charge in [-0.3, -0.25) is 9.48 Å². The number of carbonyl (C=O) groups excluding carboxylic acids is 1. The van der Waals surface area contributed by atoms with Gasteiger partial charge < -0.3 is 5.32 Å². The van der Waals surface area contributed by atoms with Crippen LogP contribution in [0.15, 0.2) is 18.9 Å². The number of hydrogen-bond donors (Lipinski definition) is 1. The lowest BCUT2D eigenvalue weighted by Crippen LogP contribution is -2.24. The number of hydrogen-bond acceptors (Lipinski definition) is 4. The van der Waals surface area contributed by atoms with E-state index in [1.165, 1.54) is 0 Å². The number of aromatic nitrogens is 3. The van der Waals surface area contributed by atoms with Gasteiger partial charge in [0.05, 0.1) is 18.7 Å². The second kappa shape index (κ2) is 5.29. The zero-order chi connectivity index (χ0) is 10.4. The normalized spacial score (nSPS) is 10.1. The Bertz CT molecular complexity index is 318. The van der Waals surface area contributed by atoms with Crippen molar-refractivity contribution in [1.29, 1.82) is 0 Å². The minimum atomic E-state index is 0.104. The molecule has 0 saturated heterocycles. The van der Waals surface area contributed by atoms with Crippen molar-refractivity contribution >= 4 is 5.78 Å². The summed E-state index contributed by atoms with van der Waals surface area (Å²) in [5.74, 6) is 0.104. The highest BCUT2D eigenvalue weighted by atomic mass is 16.1. The van der Waals surface area contributed by atoms with Crippen LogP contribution < -0.4 is 5.32 Å². The smallest absolute Gasteiger partial charge is 0.152 e. The Hall–Kier alpha value is -1.49. The van der Waals surface area contributed by atoms with E-state index < -0.39 is 0 Å². The molecule has 0 aliphatic rings. The van der Waals surface area contributed by atoms with Gasteiger partial charge >= 0.3 is 0 Å². The predicted molar refractivity (Wildman–Crippen MR) is 52.8 cm³/mol. The maximum atomic E-state index is 11.3. The second-order valence-corrected chi connectivity index (χ2v) is 3.02. The summed E-state index contributed by atoms with van der Waals surface area (Å²) < 4.78 is 1.58. The average Bonchev–Trinajstić information content (AvgIpc) is 2.52. The molecule has 0 radical (unpaired) electrons. The van der Waals surface area contributed by atoms with E-state index in [1.54, 1.807) is 24.0 Å². The van der Waals surface area contributed by atoms with Gasteiger partial charge in [-0.25, -0.2) is 0 Å². The monoisotopic (exact) mass is 194 g/mol. The summed E-state index contributed by atoms with van der Waals surface area (Å²) in [7, 11) is 1.77. The molecule has 0 spiro atoms. The van der Waals surface area contributed by atoms with Crippen LogP contribution in [-0.4, -0.2) is 33.9 Å². The Morgan fingerprint density at radius 3 is 3.14 bits per heavy atom. The summed E-state index contributed by atoms with van der Waals surface area (Å²) in [4.78, 5) is 11.3. The number of aryl methyl sites for hydroxylation is 1. The first-order chi connectivity index (χ1) is 6.72. The first kappa shape index (κ1) is 10.6. The van der Waals surface area contributed by atoms with Crippen molar-refractivity contribution in [2.45, 2.75) is 6.42 Å². The topological polar surface area (TPSA) is 59.8 Å². The zero-order valence-corrected chi connectivity index (χ0v) is 8.23. The van der Waals surface area contributed by atoms with Gasteiger partial charge in [0.2, 0.25) is 0 Å². The number of ketones is 1. The molecule has 0 saturated carbocycles. The summed E-state index contributed by atoms with van der Waals surface area (Å²) in [5, 5.41) is 10.5. The highest BCUT2D eigenvalue weighted by Gasteiger charge is 2.05. The minimum Gasteiger partial charge on any atom is -0.307 e. The van der Waals surface area contributed by atoms with Crippen molar-refractivity contribution < 1.29 is 4.79 Å². The van der Waals surface area contributed by atoms with E-state index >= 15 is 0 Å². The quantitative estimate of drug-likeness (QED) is 0.499. The lowest BCUT2D eigenvalue weighted by Gasteiger charge is -1.98. The molecule has 0 unspecified atom stereocenters. The van der Waals surface area contributed by atoms with Gasteiger partial charge in [-0.2, -0.15) is 0 Å². The second-order valence-electron chi connectivity index (χ2n) is 3.02. The maximum absolute atomic E-state index is 11.3. The van der Waals surface area contributed by atoms with E-state index in [2.05, 4.69) is 22.2 Å². The number of nitrogens with zero attached hydrogens (tertiary/aromatic N) is 3. The fourth-order valence-corrected chi connectivity index (χ4v) is 1.05. The molecule has 0 aliphatic carbocycles. The van der Waals surface area contributed by atoms with E-state index in [0.717, 1.165) is 0 Å². The van der Waals surface area contributed by atoms with Crippen LogP contribution in [0.25, 0.3) is 0 Å². The fourth-order valence-electron chi connectivity index (χ4n) is 1.05. The predicted octanol–water partition coefficient (Wildman–Crippen LogP) is -0.298. The molecule has 1 heterocycles. The van der Waals surface area contributed by atoms with Crippen LogP contribution in [0.3, 0.4) is 0 Å². The van der Waals surface area contributed by atoms with Gasteiger partial charge in [-0.15, -0.1) is 11.7 Å².